The van der Waals surface area contributed by atoms with E-state index >= 15 is 0 Å². The second kappa shape index (κ2) is 5.62. The molecular formula is C16H17ClFN. The minimum atomic E-state index is -0.237. The molecule has 2 rings (SSSR count). The molecule has 2 aromatic rings. The Morgan fingerprint density at radius 1 is 1.05 bits per heavy atom. The molecule has 1 N–H and O–H groups in total. The predicted octanol–water partition coefficient (Wildman–Crippen LogP) is 5.02. The molecule has 0 amide bonds. The highest BCUT2D eigenvalue weighted by molar-refractivity contribution is 6.30. The summed E-state index contributed by atoms with van der Waals surface area (Å²) in [6.07, 6.45) is 0. The van der Waals surface area contributed by atoms with Crippen molar-refractivity contribution in [2.24, 2.45) is 0 Å². The lowest BCUT2D eigenvalue weighted by atomic mass is 10.0. The smallest absolute Gasteiger partial charge is 0.128 e. The van der Waals surface area contributed by atoms with E-state index in [1.165, 1.54) is 22.8 Å². The van der Waals surface area contributed by atoms with E-state index in [1.54, 1.807) is 12.1 Å². The molecule has 0 saturated carbocycles. The molecule has 0 atom stereocenters. The molecule has 0 spiro atoms. The van der Waals surface area contributed by atoms with Crippen LogP contribution in [0.3, 0.4) is 0 Å². The zero-order valence-corrected chi connectivity index (χ0v) is 12.1. The van der Waals surface area contributed by atoms with Gasteiger partial charge in [-0.15, -0.1) is 0 Å². The van der Waals surface area contributed by atoms with Crippen LogP contribution in [-0.4, -0.2) is 0 Å². The van der Waals surface area contributed by atoms with E-state index in [4.69, 9.17) is 11.6 Å². The van der Waals surface area contributed by atoms with E-state index < -0.39 is 0 Å². The summed E-state index contributed by atoms with van der Waals surface area (Å²) in [6, 6.07) is 8.84. The molecule has 0 aliphatic rings. The minimum absolute atomic E-state index is 0.237. The van der Waals surface area contributed by atoms with Crippen molar-refractivity contribution in [3.8, 4) is 0 Å². The summed E-state index contributed by atoms with van der Waals surface area (Å²) in [5, 5.41) is 3.85. The largest absolute Gasteiger partial charge is 0.380 e. The number of halogens is 2. The van der Waals surface area contributed by atoms with Gasteiger partial charge in [-0.3, -0.25) is 0 Å². The van der Waals surface area contributed by atoms with E-state index in [0.29, 0.717) is 17.1 Å². The number of rotatable bonds is 3. The van der Waals surface area contributed by atoms with Crippen LogP contribution in [0.4, 0.5) is 10.1 Å². The average Bonchev–Trinajstić information content (AvgIpc) is 2.32. The first-order valence-electron chi connectivity index (χ1n) is 6.23. The highest BCUT2D eigenvalue weighted by Gasteiger charge is 2.06. The fourth-order valence-corrected chi connectivity index (χ4v) is 2.52. The summed E-state index contributed by atoms with van der Waals surface area (Å²) in [6.45, 7) is 6.60. The minimum Gasteiger partial charge on any atom is -0.380 e. The van der Waals surface area contributed by atoms with Crippen molar-refractivity contribution < 1.29 is 4.39 Å². The number of anilines is 1. The van der Waals surface area contributed by atoms with Crippen molar-refractivity contribution in [1.82, 2.24) is 0 Å². The third-order valence-electron chi connectivity index (χ3n) is 3.14. The molecule has 0 radical (unpaired) electrons. The van der Waals surface area contributed by atoms with Crippen LogP contribution in [0, 0.1) is 26.6 Å². The van der Waals surface area contributed by atoms with Gasteiger partial charge in [-0.25, -0.2) is 4.39 Å². The van der Waals surface area contributed by atoms with Crippen molar-refractivity contribution in [3.05, 3.63) is 63.4 Å². The van der Waals surface area contributed by atoms with Gasteiger partial charge >= 0.3 is 0 Å². The van der Waals surface area contributed by atoms with E-state index in [9.17, 15) is 4.39 Å². The second-order valence-electron chi connectivity index (χ2n) is 4.86. The van der Waals surface area contributed by atoms with Gasteiger partial charge in [0.25, 0.3) is 0 Å². The molecule has 0 fully saturated rings. The monoisotopic (exact) mass is 277 g/mol. The standard InChI is InChI=1S/C16H17ClFN/c1-10-6-11(2)16(12(3)7-10)19-9-13-8-14(17)4-5-15(13)18/h4-8,19H,9H2,1-3H3. The fraction of sp³-hybridized carbons (Fsp3) is 0.250. The molecule has 19 heavy (non-hydrogen) atoms. The molecule has 0 saturated heterocycles. The summed E-state index contributed by atoms with van der Waals surface area (Å²) in [7, 11) is 0. The van der Waals surface area contributed by atoms with Crippen LogP contribution in [0.25, 0.3) is 0 Å². The molecule has 1 nitrogen and oxygen atoms in total. The second-order valence-corrected chi connectivity index (χ2v) is 5.30. The highest BCUT2D eigenvalue weighted by Crippen LogP contribution is 2.23. The third-order valence-corrected chi connectivity index (χ3v) is 3.38. The zero-order chi connectivity index (χ0) is 14.0. The lowest BCUT2D eigenvalue weighted by Crippen LogP contribution is -2.05. The van der Waals surface area contributed by atoms with Crippen LogP contribution in [0.15, 0.2) is 30.3 Å². The first-order valence-corrected chi connectivity index (χ1v) is 6.61. The van der Waals surface area contributed by atoms with E-state index in [0.717, 1.165) is 5.69 Å². The number of hydrogen-bond donors (Lipinski definition) is 1. The molecule has 0 bridgehead atoms. The van der Waals surface area contributed by atoms with E-state index in [2.05, 4.69) is 38.2 Å². The SMILES string of the molecule is Cc1cc(C)c(NCc2cc(Cl)ccc2F)c(C)c1. The van der Waals surface area contributed by atoms with Crippen LogP contribution in [-0.2, 0) is 6.54 Å². The zero-order valence-electron chi connectivity index (χ0n) is 11.3. The maximum absolute atomic E-state index is 13.6. The molecule has 0 unspecified atom stereocenters. The lowest BCUT2D eigenvalue weighted by Gasteiger charge is -2.14. The van der Waals surface area contributed by atoms with Crippen LogP contribution in [0.1, 0.15) is 22.3 Å². The summed E-state index contributed by atoms with van der Waals surface area (Å²) >= 11 is 5.89. The van der Waals surface area contributed by atoms with Crippen molar-refractivity contribution in [3.63, 3.8) is 0 Å². The van der Waals surface area contributed by atoms with Gasteiger partial charge in [0.15, 0.2) is 0 Å². The Morgan fingerprint density at radius 3 is 2.32 bits per heavy atom. The Balaban J connectivity index is 2.21. The van der Waals surface area contributed by atoms with E-state index in [1.807, 2.05) is 0 Å². The van der Waals surface area contributed by atoms with Crippen molar-refractivity contribution >= 4 is 17.3 Å². The lowest BCUT2D eigenvalue weighted by molar-refractivity contribution is 0.613. The summed E-state index contributed by atoms with van der Waals surface area (Å²) in [4.78, 5) is 0. The van der Waals surface area contributed by atoms with Crippen LogP contribution in [0.5, 0.6) is 0 Å². The number of aryl methyl sites for hydroxylation is 3. The Labute approximate surface area is 118 Å². The highest BCUT2D eigenvalue weighted by atomic mass is 35.5. The molecule has 0 heterocycles. The van der Waals surface area contributed by atoms with E-state index in [-0.39, 0.29) is 5.82 Å². The van der Waals surface area contributed by atoms with Crippen LogP contribution in [0.2, 0.25) is 5.02 Å². The van der Waals surface area contributed by atoms with Gasteiger partial charge in [0.05, 0.1) is 0 Å². The van der Waals surface area contributed by atoms with Crippen LogP contribution < -0.4 is 5.32 Å². The Kier molecular flexibility index (Phi) is 4.11. The number of nitrogens with one attached hydrogen (secondary N) is 1. The van der Waals surface area contributed by atoms with Gasteiger partial charge in [-0.05, 0) is 50.1 Å². The van der Waals surface area contributed by atoms with Crippen molar-refractivity contribution in [2.75, 3.05) is 5.32 Å². The number of benzene rings is 2. The van der Waals surface area contributed by atoms with Gasteiger partial charge < -0.3 is 5.32 Å². The van der Waals surface area contributed by atoms with Crippen molar-refractivity contribution in [2.45, 2.75) is 27.3 Å². The molecule has 0 aromatic heterocycles. The molecule has 0 aliphatic heterocycles. The maximum atomic E-state index is 13.6. The summed E-state index contributed by atoms with van der Waals surface area (Å²) in [5.74, 6) is -0.237. The Bertz CT molecular complexity index is 585. The van der Waals surface area contributed by atoms with Crippen molar-refractivity contribution in [1.29, 1.82) is 0 Å². The van der Waals surface area contributed by atoms with Crippen LogP contribution >= 0.6 is 11.6 Å². The van der Waals surface area contributed by atoms with Gasteiger partial charge in [0.1, 0.15) is 5.82 Å². The molecule has 3 heteroatoms. The van der Waals surface area contributed by atoms with Gasteiger partial charge in [-0.2, -0.15) is 0 Å². The summed E-state index contributed by atoms with van der Waals surface area (Å²) < 4.78 is 13.6. The maximum Gasteiger partial charge on any atom is 0.128 e. The van der Waals surface area contributed by atoms with Gasteiger partial charge in [0, 0.05) is 22.8 Å². The first-order chi connectivity index (χ1) is 8.97. The molecular weight excluding hydrogens is 261 g/mol. The Morgan fingerprint density at radius 2 is 1.68 bits per heavy atom. The van der Waals surface area contributed by atoms with Gasteiger partial charge in [-0.1, -0.05) is 29.3 Å². The molecule has 100 valence electrons. The topological polar surface area (TPSA) is 12.0 Å². The third kappa shape index (κ3) is 3.27. The van der Waals surface area contributed by atoms with Gasteiger partial charge in [0.2, 0.25) is 0 Å². The fourth-order valence-electron chi connectivity index (χ4n) is 2.32. The molecule has 2 aromatic carbocycles. The molecule has 0 aliphatic carbocycles. The average molecular weight is 278 g/mol. The predicted molar refractivity (Wildman–Crippen MR) is 79.4 cm³/mol. The normalized spacial score (nSPS) is 10.6. The Hall–Kier alpha value is -1.54. The first kappa shape index (κ1) is 13.9. The summed E-state index contributed by atoms with van der Waals surface area (Å²) in [5.41, 5.74) is 5.20. The number of hydrogen-bond acceptors (Lipinski definition) is 1. The quantitative estimate of drug-likeness (QED) is 0.831.